The molecule has 0 saturated carbocycles. The van der Waals surface area contributed by atoms with Crippen LogP contribution in [0.3, 0.4) is 0 Å². The molecule has 1 aromatic rings. The van der Waals surface area contributed by atoms with E-state index in [1.54, 1.807) is 13.0 Å². The Kier molecular flexibility index (Phi) is 5.30. The van der Waals surface area contributed by atoms with Gasteiger partial charge in [-0.05, 0) is 56.7 Å². The molecule has 0 aliphatic heterocycles. The van der Waals surface area contributed by atoms with E-state index in [-0.39, 0.29) is 10.6 Å². The molecule has 0 heterocycles. The minimum Gasteiger partial charge on any atom is -0.397 e. The van der Waals surface area contributed by atoms with Gasteiger partial charge in [-0.1, -0.05) is 23.3 Å². The number of nitrogens with two attached hydrogens (primary N) is 1. The predicted octanol–water partition coefficient (Wildman–Crippen LogP) is 3.40. The number of nitrogen functional groups attached to an aromatic ring is 1. The Morgan fingerprint density at radius 1 is 1.33 bits per heavy atom. The first kappa shape index (κ1) is 16.3. The highest BCUT2D eigenvalue weighted by Gasteiger charge is 2.16. The van der Waals surface area contributed by atoms with E-state index < -0.39 is 10.0 Å². The first-order valence-electron chi connectivity index (χ1n) is 7.13. The Hall–Kier alpha value is -1.04. The van der Waals surface area contributed by atoms with E-state index in [9.17, 15) is 8.42 Å². The largest absolute Gasteiger partial charge is 0.397 e. The summed E-state index contributed by atoms with van der Waals surface area (Å²) in [6.45, 7) is 2.15. The molecule has 1 aliphatic rings. The Morgan fingerprint density at radius 3 is 2.71 bits per heavy atom. The molecule has 0 fully saturated rings. The van der Waals surface area contributed by atoms with E-state index in [4.69, 9.17) is 17.3 Å². The van der Waals surface area contributed by atoms with Crippen LogP contribution in [0.2, 0.25) is 5.02 Å². The fraction of sp³-hybridized carbons (Fsp3) is 0.467. The lowest BCUT2D eigenvalue weighted by molar-refractivity contribution is 0.579. The van der Waals surface area contributed by atoms with Crippen molar-refractivity contribution in [3.63, 3.8) is 0 Å². The highest BCUT2D eigenvalue weighted by atomic mass is 35.5. The van der Waals surface area contributed by atoms with Gasteiger partial charge in [0, 0.05) is 6.54 Å². The lowest BCUT2D eigenvalue weighted by Crippen LogP contribution is -2.25. The highest BCUT2D eigenvalue weighted by Crippen LogP contribution is 2.27. The van der Waals surface area contributed by atoms with Crippen LogP contribution in [0.4, 0.5) is 5.69 Å². The van der Waals surface area contributed by atoms with Crippen molar-refractivity contribution in [2.75, 3.05) is 12.3 Å². The van der Waals surface area contributed by atoms with E-state index in [1.807, 2.05) is 0 Å². The maximum atomic E-state index is 12.3. The summed E-state index contributed by atoms with van der Waals surface area (Å²) in [6, 6.07) is 2.94. The van der Waals surface area contributed by atoms with Crippen LogP contribution < -0.4 is 10.5 Å². The summed E-state index contributed by atoms with van der Waals surface area (Å²) in [5, 5.41) is 0.404. The van der Waals surface area contributed by atoms with Gasteiger partial charge in [-0.25, -0.2) is 13.1 Å². The Balaban J connectivity index is 2.03. The average Bonchev–Trinajstić information content (AvgIpc) is 2.45. The smallest absolute Gasteiger partial charge is 0.240 e. The first-order valence-corrected chi connectivity index (χ1v) is 8.99. The van der Waals surface area contributed by atoms with Crippen LogP contribution in [0.5, 0.6) is 0 Å². The second kappa shape index (κ2) is 6.81. The zero-order chi connectivity index (χ0) is 15.5. The average molecular weight is 329 g/mol. The van der Waals surface area contributed by atoms with Crippen molar-refractivity contribution in [1.82, 2.24) is 4.72 Å². The standard InChI is InChI=1S/C15H21ClN2O2S/c1-11-9-13(10-14(17)15(11)16)21(19,20)18-8-7-12-5-3-2-4-6-12/h5,9-10,18H,2-4,6-8,17H2,1H3. The van der Waals surface area contributed by atoms with Crippen LogP contribution in [0, 0.1) is 6.92 Å². The maximum Gasteiger partial charge on any atom is 0.240 e. The van der Waals surface area contributed by atoms with E-state index >= 15 is 0 Å². The van der Waals surface area contributed by atoms with Crippen LogP contribution in [0.15, 0.2) is 28.7 Å². The minimum absolute atomic E-state index is 0.166. The third-order valence-corrected chi connectivity index (χ3v) is 5.65. The zero-order valence-corrected chi connectivity index (χ0v) is 13.7. The topological polar surface area (TPSA) is 72.2 Å². The van der Waals surface area contributed by atoms with Crippen molar-refractivity contribution in [2.45, 2.75) is 43.9 Å². The number of nitrogens with one attached hydrogen (secondary N) is 1. The van der Waals surface area contributed by atoms with Crippen LogP contribution in [0.25, 0.3) is 0 Å². The van der Waals surface area contributed by atoms with Gasteiger partial charge in [-0.15, -0.1) is 0 Å². The molecule has 1 aromatic carbocycles. The van der Waals surface area contributed by atoms with Gasteiger partial charge < -0.3 is 5.73 Å². The van der Waals surface area contributed by atoms with E-state index in [1.165, 1.54) is 24.5 Å². The Labute approximate surface area is 131 Å². The maximum absolute atomic E-state index is 12.3. The number of halogens is 1. The molecule has 21 heavy (non-hydrogen) atoms. The fourth-order valence-electron chi connectivity index (χ4n) is 2.48. The fourth-order valence-corrected chi connectivity index (χ4v) is 3.74. The van der Waals surface area contributed by atoms with Gasteiger partial charge in [0.1, 0.15) is 0 Å². The molecule has 0 aromatic heterocycles. The van der Waals surface area contributed by atoms with E-state index in [0.29, 0.717) is 17.1 Å². The molecule has 0 unspecified atom stereocenters. The molecular weight excluding hydrogens is 308 g/mol. The van der Waals surface area contributed by atoms with Crippen molar-refractivity contribution in [3.8, 4) is 0 Å². The highest BCUT2D eigenvalue weighted by molar-refractivity contribution is 7.89. The minimum atomic E-state index is -3.54. The van der Waals surface area contributed by atoms with Gasteiger partial charge >= 0.3 is 0 Å². The van der Waals surface area contributed by atoms with Crippen LogP contribution in [-0.2, 0) is 10.0 Å². The molecule has 6 heteroatoms. The molecule has 0 spiro atoms. The number of aryl methyl sites for hydroxylation is 1. The molecule has 4 nitrogen and oxygen atoms in total. The second-order valence-corrected chi connectivity index (χ2v) is 7.54. The first-order chi connectivity index (χ1) is 9.90. The molecular formula is C15H21ClN2O2S. The third kappa shape index (κ3) is 4.22. The Bertz CT molecular complexity index is 631. The lowest BCUT2D eigenvalue weighted by atomic mass is 9.97. The molecule has 116 valence electrons. The molecule has 0 atom stereocenters. The van der Waals surface area contributed by atoms with Gasteiger partial charge in [0.05, 0.1) is 15.6 Å². The molecule has 1 aliphatic carbocycles. The van der Waals surface area contributed by atoms with Gasteiger partial charge in [0.2, 0.25) is 10.0 Å². The van der Waals surface area contributed by atoms with Crippen molar-refractivity contribution in [2.24, 2.45) is 0 Å². The number of rotatable bonds is 5. The third-order valence-electron chi connectivity index (χ3n) is 3.69. The molecule has 3 N–H and O–H groups in total. The number of anilines is 1. The summed E-state index contributed by atoms with van der Waals surface area (Å²) < 4.78 is 27.2. The molecule has 0 bridgehead atoms. The Morgan fingerprint density at radius 2 is 2.10 bits per heavy atom. The molecule has 0 radical (unpaired) electrons. The van der Waals surface area contributed by atoms with Gasteiger partial charge in [0.25, 0.3) is 0 Å². The lowest BCUT2D eigenvalue weighted by Gasteiger charge is -2.13. The zero-order valence-electron chi connectivity index (χ0n) is 12.2. The summed E-state index contributed by atoms with van der Waals surface area (Å²) in [5.41, 5.74) is 8.02. The number of hydrogen-bond acceptors (Lipinski definition) is 3. The van der Waals surface area contributed by atoms with Crippen LogP contribution in [-0.4, -0.2) is 15.0 Å². The quantitative estimate of drug-likeness (QED) is 0.642. The van der Waals surface area contributed by atoms with E-state index in [0.717, 1.165) is 19.3 Å². The molecule has 2 rings (SSSR count). The number of benzene rings is 1. The van der Waals surface area contributed by atoms with Crippen LogP contribution >= 0.6 is 11.6 Å². The van der Waals surface area contributed by atoms with E-state index in [2.05, 4.69) is 10.8 Å². The van der Waals surface area contributed by atoms with Gasteiger partial charge in [0.15, 0.2) is 0 Å². The van der Waals surface area contributed by atoms with Crippen molar-refractivity contribution < 1.29 is 8.42 Å². The predicted molar refractivity (Wildman–Crippen MR) is 87.0 cm³/mol. The van der Waals surface area contributed by atoms with Crippen molar-refractivity contribution >= 4 is 27.3 Å². The summed E-state index contributed by atoms with van der Waals surface area (Å²) in [4.78, 5) is 0.166. The summed E-state index contributed by atoms with van der Waals surface area (Å²) in [7, 11) is -3.54. The second-order valence-electron chi connectivity index (χ2n) is 5.40. The number of hydrogen-bond donors (Lipinski definition) is 2. The molecule has 0 saturated heterocycles. The normalized spacial score (nSPS) is 15.8. The monoisotopic (exact) mass is 328 g/mol. The SMILES string of the molecule is Cc1cc(S(=O)(=O)NCCC2=CCCCC2)cc(N)c1Cl. The van der Waals surface area contributed by atoms with Crippen LogP contribution in [0.1, 0.15) is 37.7 Å². The number of allylic oxidation sites excluding steroid dienone is 1. The van der Waals surface area contributed by atoms with Crippen molar-refractivity contribution in [1.29, 1.82) is 0 Å². The molecule has 0 amide bonds. The number of sulfonamides is 1. The van der Waals surface area contributed by atoms with Gasteiger partial charge in [-0.3, -0.25) is 0 Å². The summed E-state index contributed by atoms with van der Waals surface area (Å²) in [5.74, 6) is 0. The summed E-state index contributed by atoms with van der Waals surface area (Å²) in [6.07, 6.45) is 7.61. The van der Waals surface area contributed by atoms with Crippen molar-refractivity contribution in [3.05, 3.63) is 34.4 Å². The summed E-state index contributed by atoms with van der Waals surface area (Å²) >= 11 is 5.96. The van der Waals surface area contributed by atoms with Gasteiger partial charge in [-0.2, -0.15) is 0 Å².